The maximum absolute atomic E-state index is 11.9. The van der Waals surface area contributed by atoms with Gasteiger partial charge in [0, 0.05) is 5.69 Å². The molecule has 0 aliphatic rings. The monoisotopic (exact) mass is 384 g/mol. The zero-order chi connectivity index (χ0) is 20.7. The van der Waals surface area contributed by atoms with E-state index in [1.165, 1.54) is 6.92 Å². The van der Waals surface area contributed by atoms with Crippen molar-refractivity contribution < 1.29 is 23.9 Å². The van der Waals surface area contributed by atoms with Crippen LogP contribution in [-0.4, -0.2) is 30.6 Å². The van der Waals surface area contributed by atoms with Gasteiger partial charge in [0.05, 0.1) is 0 Å². The number of hydrogen-bond acceptors (Lipinski definition) is 5. The molecule has 7 heteroatoms. The molecule has 0 bridgehead atoms. The highest BCUT2D eigenvalue weighted by atomic mass is 16.6. The van der Waals surface area contributed by atoms with E-state index in [1.54, 1.807) is 24.3 Å². The Hall–Kier alpha value is -3.35. The van der Waals surface area contributed by atoms with E-state index < -0.39 is 30.6 Å². The van der Waals surface area contributed by atoms with Crippen LogP contribution in [0.3, 0.4) is 0 Å². The number of ether oxygens (including phenoxy) is 2. The lowest BCUT2D eigenvalue weighted by atomic mass is 10.1. The van der Waals surface area contributed by atoms with Crippen molar-refractivity contribution in [1.82, 2.24) is 5.32 Å². The normalized spacial score (nSPS) is 11.3. The highest BCUT2D eigenvalue weighted by molar-refractivity contribution is 6.02. The predicted octanol–water partition coefficient (Wildman–Crippen LogP) is 3.27. The quantitative estimate of drug-likeness (QED) is 0.746. The molecular formula is C21H24N2O5. The van der Waals surface area contributed by atoms with Crippen molar-refractivity contribution in [3.63, 3.8) is 0 Å². The van der Waals surface area contributed by atoms with Crippen LogP contribution in [-0.2, 0) is 14.3 Å². The number of rotatable bonds is 6. The summed E-state index contributed by atoms with van der Waals surface area (Å²) in [7, 11) is 0. The van der Waals surface area contributed by atoms with Gasteiger partial charge in [-0.2, -0.15) is 0 Å². The molecule has 0 fully saturated rings. The molecule has 7 nitrogen and oxygen atoms in total. The van der Waals surface area contributed by atoms with Crippen LogP contribution >= 0.6 is 0 Å². The van der Waals surface area contributed by atoms with Crippen molar-refractivity contribution in [3.8, 4) is 5.75 Å². The van der Waals surface area contributed by atoms with Crippen LogP contribution in [0.4, 0.5) is 10.5 Å². The van der Waals surface area contributed by atoms with Crippen LogP contribution in [0, 0.1) is 20.8 Å². The van der Waals surface area contributed by atoms with Gasteiger partial charge in [0.15, 0.2) is 12.7 Å². The second-order valence-electron chi connectivity index (χ2n) is 6.43. The molecule has 0 radical (unpaired) electrons. The second kappa shape index (κ2) is 9.55. The minimum atomic E-state index is -0.890. The number of hydrogen-bond donors (Lipinski definition) is 2. The molecule has 0 heterocycles. The fourth-order valence-electron chi connectivity index (χ4n) is 2.33. The van der Waals surface area contributed by atoms with E-state index in [4.69, 9.17) is 9.47 Å². The van der Waals surface area contributed by atoms with Gasteiger partial charge in [-0.3, -0.25) is 10.1 Å². The van der Waals surface area contributed by atoms with E-state index in [-0.39, 0.29) is 0 Å². The summed E-state index contributed by atoms with van der Waals surface area (Å²) in [5.41, 5.74) is 3.58. The van der Waals surface area contributed by atoms with Crippen molar-refractivity contribution in [2.45, 2.75) is 33.8 Å². The summed E-state index contributed by atoms with van der Waals surface area (Å²) in [5.74, 6) is -0.920. The highest BCUT2D eigenvalue weighted by Crippen LogP contribution is 2.17. The lowest BCUT2D eigenvalue weighted by Crippen LogP contribution is -2.38. The van der Waals surface area contributed by atoms with E-state index in [9.17, 15) is 14.4 Å². The average molecular weight is 384 g/mol. The summed E-state index contributed by atoms with van der Waals surface area (Å²) in [6.45, 7) is 6.66. The molecule has 1 unspecified atom stereocenters. The smallest absolute Gasteiger partial charge is 0.347 e. The fourth-order valence-corrected chi connectivity index (χ4v) is 2.33. The lowest BCUT2D eigenvalue weighted by molar-refractivity contribution is -0.154. The molecule has 3 amide bonds. The molecule has 0 saturated carbocycles. The van der Waals surface area contributed by atoms with Crippen LogP contribution < -0.4 is 15.4 Å². The van der Waals surface area contributed by atoms with Crippen LogP contribution in [0.2, 0.25) is 0 Å². The number of amides is 3. The number of anilines is 1. The van der Waals surface area contributed by atoms with E-state index in [1.807, 2.05) is 39.0 Å². The van der Waals surface area contributed by atoms with Crippen molar-refractivity contribution in [1.29, 1.82) is 0 Å². The van der Waals surface area contributed by atoms with Gasteiger partial charge in [-0.25, -0.2) is 9.59 Å². The Bertz CT molecular complexity index is 862. The number of urea groups is 1. The van der Waals surface area contributed by atoms with Gasteiger partial charge < -0.3 is 14.8 Å². The van der Waals surface area contributed by atoms with Crippen LogP contribution in [0.5, 0.6) is 5.75 Å². The van der Waals surface area contributed by atoms with Crippen LogP contribution in [0.1, 0.15) is 23.6 Å². The largest absolute Gasteiger partial charge is 0.479 e. The fraction of sp³-hybridized carbons (Fsp3) is 0.286. The van der Waals surface area contributed by atoms with Crippen molar-refractivity contribution in [2.24, 2.45) is 0 Å². The Morgan fingerprint density at radius 2 is 1.68 bits per heavy atom. The van der Waals surface area contributed by atoms with Gasteiger partial charge in [-0.1, -0.05) is 29.8 Å². The first-order valence-corrected chi connectivity index (χ1v) is 8.83. The van der Waals surface area contributed by atoms with Gasteiger partial charge in [0.1, 0.15) is 5.75 Å². The van der Waals surface area contributed by atoms with E-state index in [0.29, 0.717) is 11.4 Å². The molecule has 148 valence electrons. The summed E-state index contributed by atoms with van der Waals surface area (Å²) in [6.07, 6.45) is -0.890. The van der Waals surface area contributed by atoms with E-state index >= 15 is 0 Å². The maximum atomic E-state index is 11.9. The molecular weight excluding hydrogens is 360 g/mol. The summed E-state index contributed by atoms with van der Waals surface area (Å²) in [6, 6.07) is 12.0. The third-order valence-corrected chi connectivity index (χ3v) is 4.12. The Morgan fingerprint density at radius 3 is 2.36 bits per heavy atom. The molecule has 0 spiro atoms. The lowest BCUT2D eigenvalue weighted by Gasteiger charge is -2.14. The molecule has 2 N–H and O–H groups in total. The van der Waals surface area contributed by atoms with E-state index in [2.05, 4.69) is 10.6 Å². The van der Waals surface area contributed by atoms with Crippen molar-refractivity contribution >= 4 is 23.6 Å². The zero-order valence-electron chi connectivity index (χ0n) is 16.4. The van der Waals surface area contributed by atoms with Crippen molar-refractivity contribution in [2.75, 3.05) is 11.9 Å². The number of esters is 1. The molecule has 1 atom stereocenters. The van der Waals surface area contributed by atoms with E-state index in [0.717, 1.165) is 16.7 Å². The van der Waals surface area contributed by atoms with Crippen LogP contribution in [0.25, 0.3) is 0 Å². The molecule has 2 rings (SSSR count). The Balaban J connectivity index is 1.77. The molecule has 28 heavy (non-hydrogen) atoms. The molecule has 2 aromatic carbocycles. The Kier molecular flexibility index (Phi) is 7.14. The Morgan fingerprint density at radius 1 is 1.00 bits per heavy atom. The van der Waals surface area contributed by atoms with Gasteiger partial charge in [-0.05, 0) is 57.0 Å². The molecule has 0 aliphatic heterocycles. The minimum Gasteiger partial charge on any atom is -0.479 e. The minimum absolute atomic E-state index is 0.521. The first-order chi connectivity index (χ1) is 13.3. The number of carbonyl (C=O) groups is 3. The van der Waals surface area contributed by atoms with Gasteiger partial charge >= 0.3 is 12.0 Å². The first kappa shape index (κ1) is 21.0. The average Bonchev–Trinajstić information content (AvgIpc) is 2.65. The second-order valence-corrected chi connectivity index (χ2v) is 6.43. The topological polar surface area (TPSA) is 93.7 Å². The summed E-state index contributed by atoms with van der Waals surface area (Å²) in [5, 5.41) is 4.71. The SMILES string of the molecule is Cc1ccc(OC(C)C(=O)OCC(=O)NC(=O)Nc2cccc(C)c2C)cc1. The molecule has 0 aromatic heterocycles. The number of nitrogens with one attached hydrogen (secondary N) is 2. The predicted molar refractivity (Wildman–Crippen MR) is 105 cm³/mol. The molecule has 2 aromatic rings. The summed E-state index contributed by atoms with van der Waals surface area (Å²) in [4.78, 5) is 35.7. The zero-order valence-corrected chi connectivity index (χ0v) is 16.4. The standard InChI is InChI=1S/C21H24N2O5/c1-13-8-10-17(11-9-13)28-16(4)20(25)27-12-19(24)23-21(26)22-18-7-5-6-14(2)15(18)3/h5-11,16H,12H2,1-4H3,(H2,22,23,24,26). The van der Waals surface area contributed by atoms with Crippen molar-refractivity contribution in [3.05, 3.63) is 59.2 Å². The van der Waals surface area contributed by atoms with Gasteiger partial charge in [0.2, 0.25) is 0 Å². The Labute approximate surface area is 164 Å². The summed E-state index contributed by atoms with van der Waals surface area (Å²) < 4.78 is 10.4. The molecule has 0 saturated heterocycles. The summed E-state index contributed by atoms with van der Waals surface area (Å²) >= 11 is 0. The number of benzene rings is 2. The number of aryl methyl sites for hydroxylation is 2. The van der Waals surface area contributed by atoms with Gasteiger partial charge in [0.25, 0.3) is 5.91 Å². The third-order valence-electron chi connectivity index (χ3n) is 4.12. The van der Waals surface area contributed by atoms with Gasteiger partial charge in [-0.15, -0.1) is 0 Å². The maximum Gasteiger partial charge on any atom is 0.347 e. The highest BCUT2D eigenvalue weighted by Gasteiger charge is 2.18. The third kappa shape index (κ3) is 6.12. The molecule has 0 aliphatic carbocycles. The number of imide groups is 1. The number of carbonyl (C=O) groups excluding carboxylic acids is 3. The van der Waals surface area contributed by atoms with Crippen LogP contribution in [0.15, 0.2) is 42.5 Å². The first-order valence-electron chi connectivity index (χ1n) is 8.83.